The molecule has 6 nitrogen and oxygen atoms in total. The fourth-order valence-electron chi connectivity index (χ4n) is 1.79. The van der Waals surface area contributed by atoms with E-state index in [1.165, 1.54) is 0 Å². The molecule has 0 bridgehead atoms. The Kier molecular flexibility index (Phi) is 7.97. The summed E-state index contributed by atoms with van der Waals surface area (Å²) in [4.78, 5) is 34.5. The summed E-state index contributed by atoms with van der Waals surface area (Å²) in [5.74, 6) is -1.37. The van der Waals surface area contributed by atoms with Gasteiger partial charge in [0.05, 0.1) is 6.42 Å². The number of esters is 2. The van der Waals surface area contributed by atoms with Gasteiger partial charge in [-0.1, -0.05) is 50.6 Å². The first kappa shape index (κ1) is 18.8. The van der Waals surface area contributed by atoms with Crippen molar-refractivity contribution in [3.05, 3.63) is 35.9 Å². The molecule has 0 heterocycles. The fraction of sp³-hybridized carbons (Fsp3) is 0.471. The molecule has 23 heavy (non-hydrogen) atoms. The third-order valence-electron chi connectivity index (χ3n) is 3.56. The van der Waals surface area contributed by atoms with Crippen molar-refractivity contribution in [3.8, 4) is 0 Å². The average Bonchev–Trinajstić information content (AvgIpc) is 2.58. The van der Waals surface area contributed by atoms with E-state index in [-0.39, 0.29) is 18.9 Å². The second-order valence-corrected chi connectivity index (χ2v) is 5.37. The molecular weight excluding hydrogens is 298 g/mol. The lowest BCUT2D eigenvalue weighted by Gasteiger charge is -2.19. The summed E-state index contributed by atoms with van der Waals surface area (Å²) in [6, 6.07) is 8.33. The zero-order valence-electron chi connectivity index (χ0n) is 13.4. The first-order chi connectivity index (χ1) is 11.0. The predicted molar refractivity (Wildman–Crippen MR) is 84.2 cm³/mol. The van der Waals surface area contributed by atoms with Gasteiger partial charge in [0.15, 0.2) is 12.4 Å². The van der Waals surface area contributed by atoms with E-state index in [1.807, 2.05) is 44.2 Å². The molecule has 0 aliphatic rings. The van der Waals surface area contributed by atoms with Crippen LogP contribution in [0.4, 0.5) is 0 Å². The van der Waals surface area contributed by atoms with Gasteiger partial charge in [0.25, 0.3) is 0 Å². The Morgan fingerprint density at radius 1 is 1.26 bits per heavy atom. The summed E-state index contributed by atoms with van der Waals surface area (Å²) in [6.07, 6.45) is -0.387. The van der Waals surface area contributed by atoms with Crippen molar-refractivity contribution in [2.45, 2.75) is 45.4 Å². The number of ether oxygens (including phenoxy) is 2. The Labute approximate surface area is 135 Å². The Morgan fingerprint density at radius 3 is 2.48 bits per heavy atom. The zero-order chi connectivity index (χ0) is 17.2. The zero-order valence-corrected chi connectivity index (χ0v) is 13.4. The van der Waals surface area contributed by atoms with Crippen LogP contribution in [0.25, 0.3) is 0 Å². The lowest BCUT2D eigenvalue weighted by molar-refractivity contribution is -0.159. The van der Waals surface area contributed by atoms with Crippen LogP contribution in [0.2, 0.25) is 0 Å². The van der Waals surface area contributed by atoms with Crippen LogP contribution in [0.5, 0.6) is 0 Å². The molecule has 1 rings (SSSR count). The minimum absolute atomic E-state index is 0.0696. The minimum atomic E-state index is -1.18. The maximum Gasteiger partial charge on any atom is 0.323 e. The maximum absolute atomic E-state index is 11.8. The molecule has 0 aliphatic carbocycles. The average molecular weight is 321 g/mol. The third-order valence-corrected chi connectivity index (χ3v) is 3.56. The lowest BCUT2D eigenvalue weighted by atomic mass is 10.0. The second kappa shape index (κ2) is 9.74. The smallest absolute Gasteiger partial charge is 0.323 e. The van der Waals surface area contributed by atoms with Gasteiger partial charge >= 0.3 is 11.9 Å². The van der Waals surface area contributed by atoms with E-state index in [0.717, 1.165) is 5.56 Å². The highest BCUT2D eigenvalue weighted by molar-refractivity contribution is 5.80. The number of benzene rings is 1. The first-order valence-electron chi connectivity index (χ1n) is 7.58. The molecule has 0 saturated carbocycles. The van der Waals surface area contributed by atoms with Crippen LogP contribution in [-0.4, -0.2) is 30.4 Å². The molecule has 0 aromatic heterocycles. The van der Waals surface area contributed by atoms with Crippen molar-refractivity contribution in [1.82, 2.24) is 0 Å². The van der Waals surface area contributed by atoms with Crippen molar-refractivity contribution in [3.63, 3.8) is 0 Å². The van der Waals surface area contributed by atoms with Crippen LogP contribution in [0.15, 0.2) is 30.3 Å². The van der Waals surface area contributed by atoms with Gasteiger partial charge in [0, 0.05) is 0 Å². The highest BCUT2D eigenvalue weighted by Gasteiger charge is 2.25. The van der Waals surface area contributed by atoms with Crippen molar-refractivity contribution < 1.29 is 23.9 Å². The van der Waals surface area contributed by atoms with E-state index in [4.69, 9.17) is 15.2 Å². The molecule has 3 unspecified atom stereocenters. The third kappa shape index (κ3) is 6.61. The van der Waals surface area contributed by atoms with E-state index in [2.05, 4.69) is 0 Å². The second-order valence-electron chi connectivity index (χ2n) is 5.37. The van der Waals surface area contributed by atoms with Crippen molar-refractivity contribution >= 4 is 18.2 Å². The highest BCUT2D eigenvalue weighted by atomic mass is 16.6. The van der Waals surface area contributed by atoms with Crippen molar-refractivity contribution in [1.29, 1.82) is 0 Å². The molecule has 6 heteroatoms. The number of aldehydes is 1. The largest absolute Gasteiger partial charge is 0.461 e. The molecule has 0 spiro atoms. The van der Waals surface area contributed by atoms with Gasteiger partial charge < -0.3 is 15.2 Å². The summed E-state index contributed by atoms with van der Waals surface area (Å²) in [5.41, 5.74) is 6.57. The van der Waals surface area contributed by atoms with Crippen LogP contribution in [0.3, 0.4) is 0 Å². The quantitative estimate of drug-likeness (QED) is 0.548. The van der Waals surface area contributed by atoms with Crippen LogP contribution < -0.4 is 5.73 Å². The number of rotatable bonds is 9. The van der Waals surface area contributed by atoms with E-state index in [9.17, 15) is 14.4 Å². The Hall–Kier alpha value is -2.21. The topological polar surface area (TPSA) is 95.7 Å². The summed E-state index contributed by atoms with van der Waals surface area (Å²) in [5, 5.41) is 0. The number of hydrogen-bond donors (Lipinski definition) is 1. The summed E-state index contributed by atoms with van der Waals surface area (Å²) < 4.78 is 10.0. The van der Waals surface area contributed by atoms with Gasteiger partial charge in [-0.3, -0.25) is 14.4 Å². The molecule has 0 radical (unpaired) electrons. The molecular formula is C17H23NO5. The van der Waals surface area contributed by atoms with E-state index < -0.39 is 24.1 Å². The van der Waals surface area contributed by atoms with Gasteiger partial charge in [-0.2, -0.15) is 0 Å². The molecule has 2 N–H and O–H groups in total. The number of carbonyl (C=O) groups excluding carboxylic acids is 3. The van der Waals surface area contributed by atoms with E-state index in [1.54, 1.807) is 0 Å². The normalized spacial score (nSPS) is 14.4. The number of nitrogens with two attached hydrogens (primary N) is 1. The van der Waals surface area contributed by atoms with Gasteiger partial charge in [-0.25, -0.2) is 0 Å². The molecule has 0 fully saturated rings. The molecule has 126 valence electrons. The predicted octanol–water partition coefficient (Wildman–Crippen LogP) is 1.60. The fourth-order valence-corrected chi connectivity index (χ4v) is 1.79. The minimum Gasteiger partial charge on any atom is -0.461 e. The number of carbonyl (C=O) groups is 3. The molecule has 1 aromatic carbocycles. The summed E-state index contributed by atoms with van der Waals surface area (Å²) in [7, 11) is 0. The summed E-state index contributed by atoms with van der Waals surface area (Å²) in [6.45, 7) is 3.82. The van der Waals surface area contributed by atoms with E-state index >= 15 is 0 Å². The van der Waals surface area contributed by atoms with Gasteiger partial charge in [-0.05, 0) is 11.5 Å². The van der Waals surface area contributed by atoms with Crippen molar-refractivity contribution in [2.24, 2.45) is 11.7 Å². The lowest BCUT2D eigenvalue weighted by Crippen LogP contribution is -2.40. The van der Waals surface area contributed by atoms with Crippen LogP contribution in [-0.2, 0) is 30.5 Å². The molecule has 1 aromatic rings. The van der Waals surface area contributed by atoms with Crippen LogP contribution in [0, 0.1) is 5.92 Å². The molecule has 0 saturated heterocycles. The molecule has 0 aliphatic heterocycles. The van der Waals surface area contributed by atoms with Crippen LogP contribution in [0.1, 0.15) is 32.3 Å². The van der Waals surface area contributed by atoms with Crippen molar-refractivity contribution in [2.75, 3.05) is 0 Å². The monoisotopic (exact) mass is 321 g/mol. The Balaban J connectivity index is 2.44. The first-order valence-corrected chi connectivity index (χ1v) is 7.58. The maximum atomic E-state index is 11.8. The van der Waals surface area contributed by atoms with Gasteiger partial charge in [0.2, 0.25) is 0 Å². The van der Waals surface area contributed by atoms with Gasteiger partial charge in [0.1, 0.15) is 12.6 Å². The summed E-state index contributed by atoms with van der Waals surface area (Å²) >= 11 is 0. The molecule has 0 amide bonds. The van der Waals surface area contributed by atoms with E-state index in [0.29, 0.717) is 12.7 Å². The van der Waals surface area contributed by atoms with Gasteiger partial charge in [-0.15, -0.1) is 0 Å². The SMILES string of the molecule is CCC(C)C(N)C(=O)OC(C=O)CC(=O)OCc1ccccc1. The molecule has 3 atom stereocenters. The van der Waals surface area contributed by atoms with Crippen LogP contribution >= 0.6 is 0 Å². The number of hydrogen-bond acceptors (Lipinski definition) is 6. The highest BCUT2D eigenvalue weighted by Crippen LogP contribution is 2.09. The Morgan fingerprint density at radius 2 is 1.91 bits per heavy atom. The standard InChI is InChI=1S/C17H23NO5/c1-3-12(2)16(18)17(21)23-14(10-19)9-15(20)22-11-13-7-5-4-6-8-13/h4-8,10,12,14,16H,3,9,11,18H2,1-2H3. The Bertz CT molecular complexity index is 517.